The number of aromatic nitrogens is 3. The lowest BCUT2D eigenvalue weighted by Crippen LogP contribution is -2.38. The first-order valence-electron chi connectivity index (χ1n) is 8.01. The van der Waals surface area contributed by atoms with Gasteiger partial charge in [-0.3, -0.25) is 4.68 Å². The second-order valence-corrected chi connectivity index (χ2v) is 6.40. The van der Waals surface area contributed by atoms with Crippen molar-refractivity contribution in [1.29, 1.82) is 0 Å². The molecule has 144 valence electrons. The van der Waals surface area contributed by atoms with Crippen LogP contribution in [0.25, 0.3) is 0 Å². The molecule has 0 aromatic carbocycles. The van der Waals surface area contributed by atoms with Crippen LogP contribution in [0.3, 0.4) is 0 Å². The average molecular weight is 391 g/mol. The Kier molecular flexibility index (Phi) is 6.22. The van der Waals surface area contributed by atoms with Crippen molar-refractivity contribution in [1.82, 2.24) is 24.6 Å². The van der Waals surface area contributed by atoms with Crippen LogP contribution in [0.5, 0.6) is 0 Å². The molecule has 2 aromatic heterocycles. The fourth-order valence-electron chi connectivity index (χ4n) is 2.56. The Balaban J connectivity index is 2.20. The van der Waals surface area contributed by atoms with Crippen LogP contribution in [0.4, 0.5) is 13.2 Å². The minimum atomic E-state index is -4.50. The highest BCUT2D eigenvalue weighted by Crippen LogP contribution is 2.30. The van der Waals surface area contributed by atoms with E-state index in [1.165, 1.54) is 13.2 Å². The average Bonchev–Trinajstić information content (AvgIpc) is 3.05. The SMILES string of the molecule is CCNC(=NCc1cn(C)nc1C(F)(F)F)N(C)Cc1cc(Cl)cn1C. The molecule has 0 aliphatic rings. The Morgan fingerprint density at radius 1 is 1.35 bits per heavy atom. The van der Waals surface area contributed by atoms with Gasteiger partial charge in [-0.25, -0.2) is 4.99 Å². The van der Waals surface area contributed by atoms with Gasteiger partial charge in [-0.05, 0) is 13.0 Å². The zero-order valence-corrected chi connectivity index (χ0v) is 15.9. The number of rotatable bonds is 5. The van der Waals surface area contributed by atoms with Crippen molar-refractivity contribution < 1.29 is 13.2 Å². The summed E-state index contributed by atoms with van der Waals surface area (Å²) in [5, 5.41) is 7.22. The van der Waals surface area contributed by atoms with Gasteiger partial charge in [0.05, 0.1) is 18.1 Å². The summed E-state index contributed by atoms with van der Waals surface area (Å²) >= 11 is 5.99. The number of guanidine groups is 1. The Labute approximate surface area is 155 Å². The second kappa shape index (κ2) is 8.03. The molecule has 2 heterocycles. The van der Waals surface area contributed by atoms with Crippen LogP contribution in [0.1, 0.15) is 23.9 Å². The van der Waals surface area contributed by atoms with Crippen molar-refractivity contribution >= 4 is 17.6 Å². The molecule has 0 unspecified atom stereocenters. The van der Waals surface area contributed by atoms with E-state index in [1.54, 1.807) is 6.20 Å². The molecule has 1 N–H and O–H groups in total. The van der Waals surface area contributed by atoms with E-state index in [-0.39, 0.29) is 12.1 Å². The lowest BCUT2D eigenvalue weighted by atomic mass is 10.2. The summed E-state index contributed by atoms with van der Waals surface area (Å²) in [6.45, 7) is 2.88. The topological polar surface area (TPSA) is 50.4 Å². The molecule has 6 nitrogen and oxygen atoms in total. The summed E-state index contributed by atoms with van der Waals surface area (Å²) in [5.41, 5.74) is 0.0858. The van der Waals surface area contributed by atoms with Crippen LogP contribution in [0.15, 0.2) is 23.5 Å². The van der Waals surface area contributed by atoms with E-state index in [9.17, 15) is 13.2 Å². The normalized spacial score (nSPS) is 12.5. The van der Waals surface area contributed by atoms with Crippen molar-refractivity contribution in [2.24, 2.45) is 19.1 Å². The number of aryl methyl sites for hydroxylation is 2. The monoisotopic (exact) mass is 390 g/mol. The van der Waals surface area contributed by atoms with Crippen molar-refractivity contribution in [3.63, 3.8) is 0 Å². The Hall–Kier alpha value is -2.16. The molecule has 0 saturated heterocycles. The Morgan fingerprint density at radius 2 is 2.04 bits per heavy atom. The zero-order chi connectivity index (χ0) is 19.5. The predicted molar refractivity (Wildman–Crippen MR) is 94.9 cm³/mol. The summed E-state index contributed by atoms with van der Waals surface area (Å²) in [5.74, 6) is 0.502. The van der Waals surface area contributed by atoms with Gasteiger partial charge in [0, 0.05) is 51.3 Å². The van der Waals surface area contributed by atoms with Gasteiger partial charge in [-0.2, -0.15) is 18.3 Å². The molecule has 0 bridgehead atoms. The smallest absolute Gasteiger partial charge is 0.357 e. The van der Waals surface area contributed by atoms with Crippen LogP contribution in [-0.4, -0.2) is 38.8 Å². The van der Waals surface area contributed by atoms with Crippen molar-refractivity contribution in [2.45, 2.75) is 26.2 Å². The molecule has 0 atom stereocenters. The lowest BCUT2D eigenvalue weighted by Gasteiger charge is -2.22. The number of hydrogen-bond acceptors (Lipinski definition) is 2. The number of nitrogens with one attached hydrogen (secondary N) is 1. The third kappa shape index (κ3) is 4.94. The summed E-state index contributed by atoms with van der Waals surface area (Å²) in [6, 6.07) is 1.84. The summed E-state index contributed by atoms with van der Waals surface area (Å²) in [7, 11) is 5.15. The third-order valence-corrected chi connectivity index (χ3v) is 3.95. The largest absolute Gasteiger partial charge is 0.435 e. The minimum absolute atomic E-state index is 0.0331. The maximum atomic E-state index is 13.1. The van der Waals surface area contributed by atoms with Gasteiger partial charge in [-0.1, -0.05) is 11.6 Å². The fourth-order valence-corrected chi connectivity index (χ4v) is 2.84. The van der Waals surface area contributed by atoms with Gasteiger partial charge in [0.2, 0.25) is 0 Å². The molecule has 2 aromatic rings. The second-order valence-electron chi connectivity index (χ2n) is 5.96. The molecule has 0 saturated carbocycles. The van der Waals surface area contributed by atoms with E-state index in [4.69, 9.17) is 11.6 Å². The van der Waals surface area contributed by atoms with Gasteiger partial charge in [0.25, 0.3) is 0 Å². The summed E-state index contributed by atoms with van der Waals surface area (Å²) < 4.78 is 42.2. The molecule has 0 spiro atoms. The first-order chi connectivity index (χ1) is 12.1. The van der Waals surface area contributed by atoms with Crippen LogP contribution in [-0.2, 0) is 33.4 Å². The fraction of sp³-hybridized carbons (Fsp3) is 0.500. The molecule has 2 rings (SSSR count). The number of halogens is 4. The van der Waals surface area contributed by atoms with Crippen LogP contribution in [0.2, 0.25) is 5.02 Å². The summed E-state index contributed by atoms with van der Waals surface area (Å²) in [6.07, 6.45) is -1.37. The van der Waals surface area contributed by atoms with Gasteiger partial charge >= 0.3 is 6.18 Å². The lowest BCUT2D eigenvalue weighted by molar-refractivity contribution is -0.142. The van der Waals surface area contributed by atoms with Crippen LogP contribution >= 0.6 is 11.6 Å². The highest BCUT2D eigenvalue weighted by Gasteiger charge is 2.36. The molecular formula is C16H22ClF3N6. The van der Waals surface area contributed by atoms with Crippen LogP contribution in [0, 0.1) is 0 Å². The van der Waals surface area contributed by atoms with Gasteiger partial charge in [-0.15, -0.1) is 0 Å². The molecule has 0 fully saturated rings. The first-order valence-corrected chi connectivity index (χ1v) is 8.39. The maximum Gasteiger partial charge on any atom is 0.435 e. The molecule has 0 aliphatic carbocycles. The Morgan fingerprint density at radius 3 is 2.58 bits per heavy atom. The number of alkyl halides is 3. The van der Waals surface area contributed by atoms with Gasteiger partial charge < -0.3 is 14.8 Å². The van der Waals surface area contributed by atoms with E-state index in [0.29, 0.717) is 24.1 Å². The minimum Gasteiger partial charge on any atom is -0.357 e. The van der Waals surface area contributed by atoms with E-state index in [2.05, 4.69) is 15.4 Å². The van der Waals surface area contributed by atoms with E-state index in [0.717, 1.165) is 10.4 Å². The highest BCUT2D eigenvalue weighted by molar-refractivity contribution is 6.30. The quantitative estimate of drug-likeness (QED) is 0.630. The first kappa shape index (κ1) is 20.2. The zero-order valence-electron chi connectivity index (χ0n) is 15.1. The molecule has 0 amide bonds. The number of aliphatic imine (C=N–C) groups is 1. The highest BCUT2D eigenvalue weighted by atomic mass is 35.5. The van der Waals surface area contributed by atoms with E-state index >= 15 is 0 Å². The maximum absolute atomic E-state index is 13.1. The molecule has 10 heteroatoms. The molecule has 0 aliphatic heterocycles. The van der Waals surface area contributed by atoms with Crippen molar-refractivity contribution in [3.8, 4) is 0 Å². The molecule has 0 radical (unpaired) electrons. The molecule has 26 heavy (non-hydrogen) atoms. The van der Waals surface area contributed by atoms with Gasteiger partial charge in [0.1, 0.15) is 0 Å². The van der Waals surface area contributed by atoms with E-state index < -0.39 is 11.9 Å². The number of nitrogens with zero attached hydrogens (tertiary/aromatic N) is 5. The van der Waals surface area contributed by atoms with Crippen molar-refractivity contribution in [3.05, 3.63) is 40.4 Å². The molecular weight excluding hydrogens is 369 g/mol. The van der Waals surface area contributed by atoms with E-state index in [1.807, 2.05) is 36.6 Å². The predicted octanol–water partition coefficient (Wildman–Crippen LogP) is 3.03. The summed E-state index contributed by atoms with van der Waals surface area (Å²) in [4.78, 5) is 6.17. The van der Waals surface area contributed by atoms with Crippen molar-refractivity contribution in [2.75, 3.05) is 13.6 Å². The third-order valence-electron chi connectivity index (χ3n) is 3.74. The Bertz CT molecular complexity index is 778. The number of hydrogen-bond donors (Lipinski definition) is 1. The standard InChI is InChI=1S/C16H22ClF3N6/c1-5-21-15(25(3)10-13-6-12(17)9-24(13)2)22-7-11-8-26(4)23-14(11)16(18,19)20/h6,8-9H,5,7,10H2,1-4H3,(H,21,22). The van der Waals surface area contributed by atoms with Crippen LogP contribution < -0.4 is 5.32 Å². The van der Waals surface area contributed by atoms with Gasteiger partial charge in [0.15, 0.2) is 11.7 Å².